The standard InChI is InChI=1S/C19H29N3O3/c1-19(2,3)25-18(24)21-8-6-14(7-9-21)10-15-12-22(13-15)16-4-5-17(23)20-11-16/h4-5,11,14-15H,6-10,12-13H2,1-3H3,(H,20,23). The first kappa shape index (κ1) is 17.8. The summed E-state index contributed by atoms with van der Waals surface area (Å²) in [6, 6.07) is 3.55. The first-order valence-corrected chi connectivity index (χ1v) is 9.18. The Bertz CT molecular complexity index is 583. The third kappa shape index (κ3) is 4.77. The molecule has 1 N–H and O–H groups in total. The second kappa shape index (κ2) is 7.10. The molecule has 0 radical (unpaired) electrons. The quantitative estimate of drug-likeness (QED) is 0.909. The number of piperidine rings is 1. The summed E-state index contributed by atoms with van der Waals surface area (Å²) in [5, 5.41) is 9.25. The first-order valence-electron chi connectivity index (χ1n) is 9.18. The summed E-state index contributed by atoms with van der Waals surface area (Å²) in [4.78, 5) is 20.2. The van der Waals surface area contributed by atoms with Crippen molar-refractivity contribution >= 4 is 11.8 Å². The van der Waals surface area contributed by atoms with Crippen LogP contribution in [-0.2, 0) is 4.74 Å². The number of carbonyl (C=O) groups excluding carboxylic acids is 1. The SMILES string of the molecule is CC(C)(C)OC(=O)N1CCC(CC2CN(c3ccc(O)nc3)C2)CC1. The molecule has 0 aromatic carbocycles. The van der Waals surface area contributed by atoms with E-state index in [0.29, 0.717) is 11.8 Å². The Kier molecular flexibility index (Phi) is 5.06. The van der Waals surface area contributed by atoms with Crippen LogP contribution in [0, 0.1) is 11.8 Å². The average Bonchev–Trinajstić information content (AvgIpc) is 2.50. The summed E-state index contributed by atoms with van der Waals surface area (Å²) >= 11 is 0. The van der Waals surface area contributed by atoms with Crippen LogP contribution in [0.1, 0.15) is 40.0 Å². The van der Waals surface area contributed by atoms with Crippen molar-refractivity contribution in [2.24, 2.45) is 11.8 Å². The molecular formula is C19H29N3O3. The highest BCUT2D eigenvalue weighted by atomic mass is 16.6. The third-order valence-corrected chi connectivity index (χ3v) is 4.99. The highest BCUT2D eigenvalue weighted by Gasteiger charge is 2.32. The summed E-state index contributed by atoms with van der Waals surface area (Å²) in [7, 11) is 0. The van der Waals surface area contributed by atoms with Crippen LogP contribution in [0.2, 0.25) is 0 Å². The summed E-state index contributed by atoms with van der Waals surface area (Å²) < 4.78 is 5.45. The molecule has 0 unspecified atom stereocenters. The molecule has 25 heavy (non-hydrogen) atoms. The maximum Gasteiger partial charge on any atom is 0.410 e. The zero-order chi connectivity index (χ0) is 18.0. The van der Waals surface area contributed by atoms with Crippen molar-refractivity contribution in [2.75, 3.05) is 31.1 Å². The number of rotatable bonds is 3. The molecule has 0 spiro atoms. The van der Waals surface area contributed by atoms with Crippen LogP contribution in [0.3, 0.4) is 0 Å². The van der Waals surface area contributed by atoms with Crippen LogP contribution in [0.25, 0.3) is 0 Å². The predicted octanol–water partition coefficient (Wildman–Crippen LogP) is 3.26. The van der Waals surface area contributed by atoms with Gasteiger partial charge >= 0.3 is 6.09 Å². The van der Waals surface area contributed by atoms with Gasteiger partial charge in [-0.25, -0.2) is 9.78 Å². The molecule has 3 rings (SSSR count). The number of aromatic nitrogens is 1. The van der Waals surface area contributed by atoms with Gasteiger partial charge in [0, 0.05) is 32.2 Å². The summed E-state index contributed by atoms with van der Waals surface area (Å²) in [6.45, 7) is 9.43. The van der Waals surface area contributed by atoms with Crippen LogP contribution in [0.4, 0.5) is 10.5 Å². The fourth-order valence-corrected chi connectivity index (χ4v) is 3.64. The molecule has 6 nitrogen and oxygen atoms in total. The Morgan fingerprint density at radius 1 is 1.24 bits per heavy atom. The first-order chi connectivity index (χ1) is 11.8. The number of ether oxygens (including phenoxy) is 1. The van der Waals surface area contributed by atoms with E-state index in [9.17, 15) is 9.90 Å². The topological polar surface area (TPSA) is 65.9 Å². The van der Waals surface area contributed by atoms with Crippen LogP contribution in [0.15, 0.2) is 18.3 Å². The Labute approximate surface area is 149 Å². The van der Waals surface area contributed by atoms with E-state index < -0.39 is 5.60 Å². The normalized spacial score (nSPS) is 19.6. The van der Waals surface area contributed by atoms with E-state index in [1.54, 1.807) is 12.3 Å². The molecule has 1 amide bonds. The second-order valence-corrected chi connectivity index (χ2v) is 8.29. The Morgan fingerprint density at radius 3 is 2.48 bits per heavy atom. The minimum atomic E-state index is -0.424. The lowest BCUT2D eigenvalue weighted by Gasteiger charge is -2.43. The molecule has 1 aromatic rings. The van der Waals surface area contributed by atoms with E-state index >= 15 is 0 Å². The van der Waals surface area contributed by atoms with Gasteiger partial charge in [0.1, 0.15) is 5.60 Å². The zero-order valence-electron chi connectivity index (χ0n) is 15.4. The van der Waals surface area contributed by atoms with Crippen LogP contribution < -0.4 is 4.90 Å². The lowest BCUT2D eigenvalue weighted by atomic mass is 9.83. The Hall–Kier alpha value is -1.98. The molecular weight excluding hydrogens is 318 g/mol. The lowest BCUT2D eigenvalue weighted by Crippen LogP contribution is -2.48. The number of likely N-dealkylation sites (tertiary alicyclic amines) is 1. The highest BCUT2D eigenvalue weighted by Crippen LogP contribution is 2.32. The molecule has 2 aliphatic heterocycles. The van der Waals surface area contributed by atoms with Crippen molar-refractivity contribution in [3.8, 4) is 5.88 Å². The number of hydrogen-bond donors (Lipinski definition) is 1. The molecule has 1 aromatic heterocycles. The number of amides is 1. The summed E-state index contributed by atoms with van der Waals surface area (Å²) in [5.41, 5.74) is 0.653. The fraction of sp³-hybridized carbons (Fsp3) is 0.684. The van der Waals surface area contributed by atoms with E-state index in [2.05, 4.69) is 9.88 Å². The van der Waals surface area contributed by atoms with Gasteiger partial charge in [0.05, 0.1) is 11.9 Å². The van der Waals surface area contributed by atoms with Crippen LogP contribution in [0.5, 0.6) is 5.88 Å². The maximum atomic E-state index is 12.1. The minimum Gasteiger partial charge on any atom is -0.493 e. The van der Waals surface area contributed by atoms with Gasteiger partial charge < -0.3 is 19.6 Å². The van der Waals surface area contributed by atoms with E-state index in [1.165, 1.54) is 6.42 Å². The molecule has 2 fully saturated rings. The van der Waals surface area contributed by atoms with E-state index in [-0.39, 0.29) is 12.0 Å². The molecule has 2 saturated heterocycles. The molecule has 0 saturated carbocycles. The van der Waals surface area contributed by atoms with Crippen molar-refractivity contribution in [2.45, 2.75) is 45.6 Å². The van der Waals surface area contributed by atoms with E-state index in [0.717, 1.165) is 44.7 Å². The van der Waals surface area contributed by atoms with Gasteiger partial charge in [0.25, 0.3) is 0 Å². The molecule has 6 heteroatoms. The molecule has 0 bridgehead atoms. The van der Waals surface area contributed by atoms with Crippen LogP contribution in [-0.4, -0.2) is 52.9 Å². The number of pyridine rings is 1. The largest absolute Gasteiger partial charge is 0.493 e. The number of hydrogen-bond acceptors (Lipinski definition) is 5. The molecule has 3 heterocycles. The summed E-state index contributed by atoms with van der Waals surface area (Å²) in [6.07, 6.45) is 4.91. The Morgan fingerprint density at radius 2 is 1.92 bits per heavy atom. The number of carbonyl (C=O) groups is 1. The monoisotopic (exact) mass is 347 g/mol. The summed E-state index contributed by atoms with van der Waals surface area (Å²) in [5.74, 6) is 1.48. The smallest absolute Gasteiger partial charge is 0.410 e. The van der Waals surface area contributed by atoms with Gasteiger partial charge in [-0.1, -0.05) is 0 Å². The fourth-order valence-electron chi connectivity index (χ4n) is 3.64. The van der Waals surface area contributed by atoms with Crippen molar-refractivity contribution in [1.82, 2.24) is 9.88 Å². The van der Waals surface area contributed by atoms with Gasteiger partial charge in [0.2, 0.25) is 5.88 Å². The average molecular weight is 347 g/mol. The van der Waals surface area contributed by atoms with Crippen molar-refractivity contribution in [1.29, 1.82) is 0 Å². The van der Waals surface area contributed by atoms with Gasteiger partial charge in [0.15, 0.2) is 0 Å². The van der Waals surface area contributed by atoms with Crippen molar-refractivity contribution in [3.63, 3.8) is 0 Å². The van der Waals surface area contributed by atoms with Gasteiger partial charge in [-0.2, -0.15) is 0 Å². The van der Waals surface area contributed by atoms with Gasteiger partial charge in [-0.3, -0.25) is 0 Å². The van der Waals surface area contributed by atoms with Crippen molar-refractivity contribution in [3.05, 3.63) is 18.3 Å². The Balaban J connectivity index is 1.38. The number of aromatic hydroxyl groups is 1. The zero-order valence-corrected chi connectivity index (χ0v) is 15.4. The number of nitrogens with zero attached hydrogens (tertiary/aromatic N) is 3. The molecule has 0 atom stereocenters. The van der Waals surface area contributed by atoms with E-state index in [4.69, 9.17) is 4.74 Å². The minimum absolute atomic E-state index is 0.0672. The molecule has 0 aliphatic carbocycles. The van der Waals surface area contributed by atoms with Gasteiger partial charge in [-0.05, 0) is 57.9 Å². The van der Waals surface area contributed by atoms with Crippen molar-refractivity contribution < 1.29 is 14.6 Å². The highest BCUT2D eigenvalue weighted by molar-refractivity contribution is 5.68. The maximum absolute atomic E-state index is 12.1. The van der Waals surface area contributed by atoms with Crippen LogP contribution >= 0.6 is 0 Å². The molecule has 138 valence electrons. The van der Waals surface area contributed by atoms with Gasteiger partial charge in [-0.15, -0.1) is 0 Å². The number of anilines is 1. The predicted molar refractivity (Wildman–Crippen MR) is 96.8 cm³/mol. The third-order valence-electron chi connectivity index (χ3n) is 4.99. The molecule has 2 aliphatic rings. The second-order valence-electron chi connectivity index (χ2n) is 8.29. The lowest BCUT2D eigenvalue weighted by molar-refractivity contribution is 0.0174. The van der Waals surface area contributed by atoms with E-state index in [1.807, 2.05) is 31.7 Å².